The summed E-state index contributed by atoms with van der Waals surface area (Å²) in [5.74, 6) is 1.25. The van der Waals surface area contributed by atoms with Crippen LogP contribution in [0.2, 0.25) is 0 Å². The van der Waals surface area contributed by atoms with Gasteiger partial charge < -0.3 is 14.6 Å². The van der Waals surface area contributed by atoms with Gasteiger partial charge in [0, 0.05) is 18.6 Å². The van der Waals surface area contributed by atoms with Crippen LogP contribution < -0.4 is 0 Å². The number of aliphatic hydroxyl groups excluding tert-OH is 1. The molecule has 2 heterocycles. The molecule has 2 N–H and O–H groups in total. The van der Waals surface area contributed by atoms with Gasteiger partial charge in [-0.15, -0.1) is 0 Å². The molecule has 1 unspecified atom stereocenters. The molecule has 0 saturated carbocycles. The maximum atomic E-state index is 9.74. The van der Waals surface area contributed by atoms with E-state index in [0.29, 0.717) is 6.42 Å². The first-order valence-electron chi connectivity index (χ1n) is 7.37. The number of phenolic OH excluding ortho intramolecular Hbond substituents is 1. The molecule has 0 amide bonds. The zero-order chi connectivity index (χ0) is 14.7. The van der Waals surface area contributed by atoms with Crippen LogP contribution in [0.15, 0.2) is 47.1 Å². The lowest BCUT2D eigenvalue weighted by Crippen LogP contribution is -2.32. The monoisotopic (exact) mass is 287 g/mol. The Morgan fingerprint density at radius 3 is 2.86 bits per heavy atom. The van der Waals surface area contributed by atoms with E-state index >= 15 is 0 Å². The van der Waals surface area contributed by atoms with Crippen LogP contribution in [0.3, 0.4) is 0 Å². The third-order valence-corrected chi connectivity index (χ3v) is 4.44. The fraction of sp³-hybridized carbons (Fsp3) is 0.412. The summed E-state index contributed by atoms with van der Waals surface area (Å²) in [4.78, 5) is 2.35. The Morgan fingerprint density at radius 2 is 2.14 bits per heavy atom. The summed E-state index contributed by atoms with van der Waals surface area (Å²) >= 11 is 0. The molecule has 4 nitrogen and oxygen atoms in total. The van der Waals surface area contributed by atoms with Crippen molar-refractivity contribution in [3.63, 3.8) is 0 Å². The molecule has 1 aliphatic heterocycles. The third kappa shape index (κ3) is 2.96. The zero-order valence-electron chi connectivity index (χ0n) is 12.0. The number of furan rings is 1. The number of aliphatic hydroxyl groups is 1. The average molecular weight is 287 g/mol. The first kappa shape index (κ1) is 14.2. The van der Waals surface area contributed by atoms with E-state index in [0.717, 1.165) is 37.4 Å². The minimum Gasteiger partial charge on any atom is -0.508 e. The Labute approximate surface area is 124 Å². The van der Waals surface area contributed by atoms with Crippen molar-refractivity contribution < 1.29 is 14.6 Å². The molecule has 0 aliphatic carbocycles. The van der Waals surface area contributed by atoms with Crippen molar-refractivity contribution in [1.82, 2.24) is 4.90 Å². The standard InChI is InChI=1S/C17H21NO3/c19-9-7-17(14-3-1-4-15(20)11-14)6-8-18(13-17)12-16-5-2-10-21-16/h1-5,10-11,19-20H,6-9,12-13H2. The highest BCUT2D eigenvalue weighted by Gasteiger charge is 2.39. The largest absolute Gasteiger partial charge is 0.508 e. The van der Waals surface area contributed by atoms with E-state index in [1.54, 1.807) is 12.3 Å². The summed E-state index contributed by atoms with van der Waals surface area (Å²) in [7, 11) is 0. The lowest BCUT2D eigenvalue weighted by atomic mass is 9.77. The van der Waals surface area contributed by atoms with Gasteiger partial charge in [0.1, 0.15) is 11.5 Å². The Kier molecular flexibility index (Phi) is 3.99. The summed E-state index contributed by atoms with van der Waals surface area (Å²) < 4.78 is 5.42. The van der Waals surface area contributed by atoms with Crippen molar-refractivity contribution >= 4 is 0 Å². The quantitative estimate of drug-likeness (QED) is 0.887. The van der Waals surface area contributed by atoms with Crippen molar-refractivity contribution in [3.8, 4) is 5.75 Å². The van der Waals surface area contributed by atoms with Crippen LogP contribution in [-0.2, 0) is 12.0 Å². The van der Waals surface area contributed by atoms with Gasteiger partial charge in [-0.2, -0.15) is 0 Å². The molecule has 112 valence electrons. The summed E-state index contributed by atoms with van der Waals surface area (Å²) in [5.41, 5.74) is 1.03. The van der Waals surface area contributed by atoms with Gasteiger partial charge >= 0.3 is 0 Å². The van der Waals surface area contributed by atoms with Crippen LogP contribution in [0.25, 0.3) is 0 Å². The molecule has 0 radical (unpaired) electrons. The molecule has 0 bridgehead atoms. The second-order valence-electron chi connectivity index (χ2n) is 5.84. The lowest BCUT2D eigenvalue weighted by Gasteiger charge is -2.29. The van der Waals surface area contributed by atoms with Crippen LogP contribution >= 0.6 is 0 Å². The van der Waals surface area contributed by atoms with E-state index in [4.69, 9.17) is 4.42 Å². The van der Waals surface area contributed by atoms with Gasteiger partial charge in [0.25, 0.3) is 0 Å². The number of rotatable bonds is 5. The summed E-state index contributed by atoms with van der Waals surface area (Å²) in [6, 6.07) is 11.3. The number of hydrogen-bond donors (Lipinski definition) is 2. The van der Waals surface area contributed by atoms with E-state index in [9.17, 15) is 10.2 Å². The summed E-state index contributed by atoms with van der Waals surface area (Å²) in [5, 5.41) is 19.2. The summed E-state index contributed by atoms with van der Waals surface area (Å²) in [6.07, 6.45) is 3.39. The molecule has 21 heavy (non-hydrogen) atoms. The predicted octanol–water partition coefficient (Wildman–Crippen LogP) is 2.51. The highest BCUT2D eigenvalue weighted by Crippen LogP contribution is 2.39. The smallest absolute Gasteiger partial charge is 0.117 e. The lowest BCUT2D eigenvalue weighted by molar-refractivity contribution is 0.223. The van der Waals surface area contributed by atoms with Gasteiger partial charge in [-0.05, 0) is 49.2 Å². The van der Waals surface area contributed by atoms with Crippen LogP contribution in [0, 0.1) is 0 Å². The van der Waals surface area contributed by atoms with Gasteiger partial charge in [0.2, 0.25) is 0 Å². The second-order valence-corrected chi connectivity index (χ2v) is 5.84. The molecule has 1 aromatic heterocycles. The second kappa shape index (κ2) is 5.92. The van der Waals surface area contributed by atoms with Crippen LogP contribution in [0.4, 0.5) is 0 Å². The van der Waals surface area contributed by atoms with Gasteiger partial charge in [-0.3, -0.25) is 4.90 Å². The number of likely N-dealkylation sites (tertiary alicyclic amines) is 1. The molecule has 1 fully saturated rings. The molecular formula is C17H21NO3. The van der Waals surface area contributed by atoms with E-state index in [2.05, 4.69) is 4.90 Å². The molecule has 3 rings (SSSR count). The maximum absolute atomic E-state index is 9.74. The normalized spacial score (nSPS) is 22.7. The molecular weight excluding hydrogens is 266 g/mol. The first-order valence-corrected chi connectivity index (χ1v) is 7.37. The number of phenols is 1. The van der Waals surface area contributed by atoms with Crippen molar-refractivity contribution in [2.45, 2.75) is 24.8 Å². The molecule has 1 atom stereocenters. The highest BCUT2D eigenvalue weighted by molar-refractivity contribution is 5.34. The SMILES string of the molecule is OCCC1(c2cccc(O)c2)CCN(Cc2ccco2)C1. The number of nitrogens with zero attached hydrogens (tertiary/aromatic N) is 1. The molecule has 1 saturated heterocycles. The number of benzene rings is 1. The molecule has 2 aromatic rings. The van der Waals surface area contributed by atoms with Gasteiger partial charge in [0.05, 0.1) is 12.8 Å². The molecule has 0 spiro atoms. The predicted molar refractivity (Wildman–Crippen MR) is 80.1 cm³/mol. The van der Waals surface area contributed by atoms with Gasteiger partial charge in [-0.25, -0.2) is 0 Å². The maximum Gasteiger partial charge on any atom is 0.117 e. The van der Waals surface area contributed by atoms with E-state index in [1.807, 2.05) is 30.3 Å². The fourth-order valence-electron chi connectivity index (χ4n) is 3.35. The minimum absolute atomic E-state index is 0.0833. The number of aromatic hydroxyl groups is 1. The third-order valence-electron chi connectivity index (χ3n) is 4.44. The van der Waals surface area contributed by atoms with Gasteiger partial charge in [-0.1, -0.05) is 12.1 Å². The Morgan fingerprint density at radius 1 is 1.24 bits per heavy atom. The average Bonchev–Trinajstić information content (AvgIpc) is 3.11. The van der Waals surface area contributed by atoms with Crippen molar-refractivity contribution in [1.29, 1.82) is 0 Å². The fourth-order valence-corrected chi connectivity index (χ4v) is 3.35. The Bertz CT molecular complexity index is 581. The van der Waals surface area contributed by atoms with Crippen molar-refractivity contribution in [2.75, 3.05) is 19.7 Å². The van der Waals surface area contributed by atoms with Crippen molar-refractivity contribution in [3.05, 3.63) is 54.0 Å². The highest BCUT2D eigenvalue weighted by atomic mass is 16.3. The minimum atomic E-state index is -0.0833. The topological polar surface area (TPSA) is 56.8 Å². The number of hydrogen-bond acceptors (Lipinski definition) is 4. The molecule has 1 aromatic carbocycles. The Hall–Kier alpha value is -1.78. The summed E-state index contributed by atoms with van der Waals surface area (Å²) in [6.45, 7) is 2.79. The van der Waals surface area contributed by atoms with Crippen LogP contribution in [0.1, 0.15) is 24.2 Å². The van der Waals surface area contributed by atoms with E-state index < -0.39 is 0 Å². The van der Waals surface area contributed by atoms with Crippen LogP contribution in [-0.4, -0.2) is 34.8 Å². The molecule has 4 heteroatoms. The Balaban J connectivity index is 1.79. The van der Waals surface area contributed by atoms with E-state index in [1.165, 1.54) is 0 Å². The van der Waals surface area contributed by atoms with Gasteiger partial charge in [0.15, 0.2) is 0 Å². The van der Waals surface area contributed by atoms with E-state index in [-0.39, 0.29) is 17.8 Å². The van der Waals surface area contributed by atoms with Crippen molar-refractivity contribution in [2.24, 2.45) is 0 Å². The molecule has 1 aliphatic rings. The first-order chi connectivity index (χ1) is 10.2. The zero-order valence-corrected chi connectivity index (χ0v) is 12.0. The van der Waals surface area contributed by atoms with Crippen LogP contribution in [0.5, 0.6) is 5.75 Å².